The standard InChI is InChI=1S/C16H25N3O/c1-3-8-18-15-7-9-17-11-14(15)16(20)19(10-4-2)12-13-5-6-13/h7,9,11,13H,3-6,8,10,12H2,1-2H3,(H,17,18). The lowest BCUT2D eigenvalue weighted by Gasteiger charge is -2.23. The summed E-state index contributed by atoms with van der Waals surface area (Å²) in [7, 11) is 0. The number of nitrogens with zero attached hydrogens (tertiary/aromatic N) is 2. The summed E-state index contributed by atoms with van der Waals surface area (Å²) in [5.74, 6) is 0.833. The van der Waals surface area contributed by atoms with Crippen LogP contribution in [-0.4, -0.2) is 35.4 Å². The maximum Gasteiger partial charge on any atom is 0.257 e. The Kier molecular flexibility index (Phi) is 5.39. The highest BCUT2D eigenvalue weighted by Crippen LogP contribution is 2.30. The van der Waals surface area contributed by atoms with E-state index in [-0.39, 0.29) is 5.91 Å². The summed E-state index contributed by atoms with van der Waals surface area (Å²) in [5, 5.41) is 3.32. The number of carbonyl (C=O) groups excluding carboxylic acids is 1. The molecule has 0 saturated heterocycles. The molecule has 0 unspecified atom stereocenters. The van der Waals surface area contributed by atoms with Gasteiger partial charge in [-0.05, 0) is 37.7 Å². The molecule has 1 aromatic heterocycles. The van der Waals surface area contributed by atoms with Crippen LogP contribution in [-0.2, 0) is 0 Å². The van der Waals surface area contributed by atoms with Gasteiger partial charge < -0.3 is 10.2 Å². The minimum atomic E-state index is 0.116. The van der Waals surface area contributed by atoms with Crippen molar-refractivity contribution in [3.63, 3.8) is 0 Å². The molecule has 20 heavy (non-hydrogen) atoms. The first-order valence-corrected chi connectivity index (χ1v) is 7.73. The molecule has 4 heteroatoms. The van der Waals surface area contributed by atoms with Crippen LogP contribution in [0.2, 0.25) is 0 Å². The highest BCUT2D eigenvalue weighted by molar-refractivity contribution is 5.99. The maximum absolute atomic E-state index is 12.7. The molecule has 0 radical (unpaired) electrons. The van der Waals surface area contributed by atoms with Gasteiger partial charge in [0.1, 0.15) is 0 Å². The van der Waals surface area contributed by atoms with Crippen LogP contribution in [0, 0.1) is 5.92 Å². The normalized spacial score (nSPS) is 14.1. The molecule has 1 aliphatic rings. The van der Waals surface area contributed by atoms with E-state index in [2.05, 4.69) is 24.1 Å². The summed E-state index contributed by atoms with van der Waals surface area (Å²) < 4.78 is 0. The number of rotatable bonds is 8. The lowest BCUT2D eigenvalue weighted by atomic mass is 10.2. The van der Waals surface area contributed by atoms with Gasteiger partial charge in [-0.15, -0.1) is 0 Å². The second-order valence-corrected chi connectivity index (χ2v) is 5.54. The van der Waals surface area contributed by atoms with Gasteiger partial charge in [-0.2, -0.15) is 0 Å². The van der Waals surface area contributed by atoms with E-state index in [1.165, 1.54) is 12.8 Å². The first-order chi connectivity index (χ1) is 9.76. The van der Waals surface area contributed by atoms with Crippen molar-refractivity contribution in [2.75, 3.05) is 25.0 Å². The average Bonchev–Trinajstić information content (AvgIpc) is 3.28. The van der Waals surface area contributed by atoms with Crippen molar-refractivity contribution < 1.29 is 4.79 Å². The minimum absolute atomic E-state index is 0.116. The first kappa shape index (κ1) is 14.8. The van der Waals surface area contributed by atoms with Gasteiger partial charge in [0.25, 0.3) is 5.91 Å². The summed E-state index contributed by atoms with van der Waals surface area (Å²) >= 11 is 0. The van der Waals surface area contributed by atoms with Gasteiger partial charge in [0, 0.05) is 32.0 Å². The molecule has 110 valence electrons. The zero-order valence-corrected chi connectivity index (χ0v) is 12.6. The first-order valence-electron chi connectivity index (χ1n) is 7.73. The van der Waals surface area contributed by atoms with E-state index in [9.17, 15) is 4.79 Å². The maximum atomic E-state index is 12.7. The van der Waals surface area contributed by atoms with E-state index in [1.807, 2.05) is 11.0 Å². The van der Waals surface area contributed by atoms with Gasteiger partial charge in [-0.1, -0.05) is 13.8 Å². The van der Waals surface area contributed by atoms with Gasteiger partial charge in [0.15, 0.2) is 0 Å². The van der Waals surface area contributed by atoms with E-state index in [0.29, 0.717) is 11.5 Å². The summed E-state index contributed by atoms with van der Waals surface area (Å²) in [6, 6.07) is 1.89. The van der Waals surface area contributed by atoms with Gasteiger partial charge in [-0.3, -0.25) is 9.78 Å². The molecule has 0 aliphatic heterocycles. The van der Waals surface area contributed by atoms with Gasteiger partial charge in [0.05, 0.1) is 11.3 Å². The van der Waals surface area contributed by atoms with E-state index >= 15 is 0 Å². The van der Waals surface area contributed by atoms with Crippen LogP contribution < -0.4 is 5.32 Å². The molecule has 1 heterocycles. The quantitative estimate of drug-likeness (QED) is 0.792. The molecule has 0 spiro atoms. The predicted octanol–water partition coefficient (Wildman–Crippen LogP) is 3.17. The Morgan fingerprint density at radius 2 is 2.20 bits per heavy atom. The number of anilines is 1. The Labute approximate surface area is 121 Å². The summed E-state index contributed by atoms with van der Waals surface area (Å²) in [6.07, 6.45) is 7.99. The lowest BCUT2D eigenvalue weighted by molar-refractivity contribution is 0.0748. The van der Waals surface area contributed by atoms with Crippen molar-refractivity contribution >= 4 is 11.6 Å². The third-order valence-electron chi connectivity index (χ3n) is 3.57. The molecule has 1 aromatic rings. The van der Waals surface area contributed by atoms with Gasteiger partial charge in [-0.25, -0.2) is 0 Å². The molecule has 2 rings (SSSR count). The van der Waals surface area contributed by atoms with E-state index in [0.717, 1.165) is 38.2 Å². The number of pyridine rings is 1. The zero-order chi connectivity index (χ0) is 14.4. The summed E-state index contributed by atoms with van der Waals surface area (Å²) in [5.41, 5.74) is 1.61. The fourth-order valence-electron chi connectivity index (χ4n) is 2.31. The van der Waals surface area contributed by atoms with Crippen LogP contribution in [0.15, 0.2) is 18.5 Å². The number of carbonyl (C=O) groups is 1. The monoisotopic (exact) mass is 275 g/mol. The summed E-state index contributed by atoms with van der Waals surface area (Å²) in [6.45, 7) is 6.84. The van der Waals surface area contributed by atoms with Crippen molar-refractivity contribution in [2.45, 2.75) is 39.5 Å². The van der Waals surface area contributed by atoms with Crippen molar-refractivity contribution in [2.24, 2.45) is 5.92 Å². The fraction of sp³-hybridized carbons (Fsp3) is 0.625. The zero-order valence-electron chi connectivity index (χ0n) is 12.6. The Hall–Kier alpha value is -1.58. The Balaban J connectivity index is 2.12. The molecule has 0 bridgehead atoms. The number of aromatic nitrogens is 1. The Morgan fingerprint density at radius 3 is 2.85 bits per heavy atom. The molecule has 4 nitrogen and oxygen atoms in total. The molecule has 1 fully saturated rings. The highest BCUT2D eigenvalue weighted by Gasteiger charge is 2.27. The molecular weight excluding hydrogens is 250 g/mol. The van der Waals surface area contributed by atoms with Crippen molar-refractivity contribution in [3.8, 4) is 0 Å². The van der Waals surface area contributed by atoms with Crippen LogP contribution in [0.4, 0.5) is 5.69 Å². The lowest BCUT2D eigenvalue weighted by Crippen LogP contribution is -2.34. The van der Waals surface area contributed by atoms with Crippen LogP contribution in [0.1, 0.15) is 49.9 Å². The molecule has 1 saturated carbocycles. The molecule has 0 aromatic carbocycles. The van der Waals surface area contributed by atoms with Crippen LogP contribution in [0.25, 0.3) is 0 Å². The predicted molar refractivity (Wildman–Crippen MR) is 81.9 cm³/mol. The van der Waals surface area contributed by atoms with Gasteiger partial charge in [0.2, 0.25) is 0 Å². The highest BCUT2D eigenvalue weighted by atomic mass is 16.2. The minimum Gasteiger partial charge on any atom is -0.384 e. The average molecular weight is 275 g/mol. The van der Waals surface area contributed by atoms with Crippen molar-refractivity contribution in [1.82, 2.24) is 9.88 Å². The van der Waals surface area contributed by atoms with Crippen LogP contribution in [0.5, 0.6) is 0 Å². The molecule has 0 atom stereocenters. The Bertz CT molecular complexity index is 443. The fourth-order valence-corrected chi connectivity index (χ4v) is 2.31. The largest absolute Gasteiger partial charge is 0.384 e. The number of hydrogen-bond donors (Lipinski definition) is 1. The van der Waals surface area contributed by atoms with Crippen LogP contribution >= 0.6 is 0 Å². The van der Waals surface area contributed by atoms with Gasteiger partial charge >= 0.3 is 0 Å². The molecule has 1 N–H and O–H groups in total. The number of amides is 1. The molecular formula is C16H25N3O. The summed E-state index contributed by atoms with van der Waals surface area (Å²) in [4.78, 5) is 18.8. The topological polar surface area (TPSA) is 45.2 Å². The second-order valence-electron chi connectivity index (χ2n) is 5.54. The smallest absolute Gasteiger partial charge is 0.257 e. The Morgan fingerprint density at radius 1 is 1.40 bits per heavy atom. The molecule has 1 amide bonds. The van der Waals surface area contributed by atoms with E-state index in [1.54, 1.807) is 12.4 Å². The SMILES string of the molecule is CCCNc1ccncc1C(=O)N(CCC)CC1CC1. The van der Waals surface area contributed by atoms with Crippen molar-refractivity contribution in [3.05, 3.63) is 24.0 Å². The third-order valence-corrected chi connectivity index (χ3v) is 3.57. The second kappa shape index (κ2) is 7.27. The van der Waals surface area contributed by atoms with E-state index in [4.69, 9.17) is 0 Å². The van der Waals surface area contributed by atoms with Crippen molar-refractivity contribution in [1.29, 1.82) is 0 Å². The third kappa shape index (κ3) is 3.95. The molecule has 1 aliphatic carbocycles. The van der Waals surface area contributed by atoms with E-state index < -0.39 is 0 Å². The number of nitrogens with one attached hydrogen (secondary N) is 1. The number of hydrogen-bond acceptors (Lipinski definition) is 3. The van der Waals surface area contributed by atoms with Crippen LogP contribution in [0.3, 0.4) is 0 Å².